The average molecular weight is 262 g/mol. The van der Waals surface area contributed by atoms with E-state index in [-0.39, 0.29) is 0 Å². The van der Waals surface area contributed by atoms with Crippen LogP contribution >= 0.6 is 0 Å². The minimum Gasteiger partial charge on any atom is -0.480 e. The van der Waals surface area contributed by atoms with E-state index >= 15 is 0 Å². The van der Waals surface area contributed by atoms with Crippen molar-refractivity contribution in [2.24, 2.45) is 0 Å². The van der Waals surface area contributed by atoms with Gasteiger partial charge in [0.15, 0.2) is 5.65 Å². The second kappa shape index (κ2) is 4.68. The minimum atomic E-state index is -1.09. The third-order valence-corrected chi connectivity index (χ3v) is 2.81. The summed E-state index contributed by atoms with van der Waals surface area (Å²) in [5.74, 6) is -1.56. The highest BCUT2D eigenvalue weighted by molar-refractivity contribution is 5.97. The lowest BCUT2D eigenvalue weighted by atomic mass is 10.2. The quantitative estimate of drug-likeness (QED) is 0.842. The topological polar surface area (TPSA) is 96.6 Å². The molecule has 0 saturated carbocycles. The van der Waals surface area contributed by atoms with E-state index < -0.39 is 17.9 Å². The number of carboxylic acids is 1. The second-order valence-corrected chi connectivity index (χ2v) is 4.35. The Hall–Kier alpha value is -2.44. The molecule has 1 atom stereocenters. The van der Waals surface area contributed by atoms with Gasteiger partial charge in [0.05, 0.1) is 17.0 Å². The lowest BCUT2D eigenvalue weighted by Gasteiger charge is -2.11. The molecule has 0 unspecified atom stereocenters. The van der Waals surface area contributed by atoms with Gasteiger partial charge in [-0.2, -0.15) is 5.10 Å². The van der Waals surface area contributed by atoms with Crippen LogP contribution in [0.3, 0.4) is 0 Å². The number of carbonyl (C=O) groups excluding carboxylic acids is 1. The van der Waals surface area contributed by atoms with Crippen molar-refractivity contribution >= 4 is 17.5 Å². The van der Waals surface area contributed by atoms with Gasteiger partial charge in [-0.15, -0.1) is 0 Å². The molecule has 0 fully saturated rings. The van der Waals surface area contributed by atoms with Gasteiger partial charge in [-0.3, -0.25) is 9.59 Å². The Morgan fingerprint density at radius 3 is 2.74 bits per heavy atom. The van der Waals surface area contributed by atoms with Gasteiger partial charge in [0.25, 0.3) is 5.91 Å². The van der Waals surface area contributed by atoms with E-state index in [1.807, 2.05) is 6.92 Å². The molecule has 100 valence electrons. The maximum absolute atomic E-state index is 12.0. The number of aryl methyl sites for hydroxylation is 2. The van der Waals surface area contributed by atoms with E-state index in [1.54, 1.807) is 17.5 Å². The van der Waals surface area contributed by atoms with Crippen molar-refractivity contribution in [3.8, 4) is 0 Å². The van der Waals surface area contributed by atoms with Crippen LogP contribution in [-0.4, -0.2) is 37.6 Å². The zero-order valence-electron chi connectivity index (χ0n) is 10.8. The van der Waals surface area contributed by atoms with Gasteiger partial charge < -0.3 is 10.4 Å². The van der Waals surface area contributed by atoms with Crippen molar-refractivity contribution < 1.29 is 14.7 Å². The highest BCUT2D eigenvalue weighted by Gasteiger charge is 2.18. The van der Waals surface area contributed by atoms with Gasteiger partial charge >= 0.3 is 5.97 Å². The van der Waals surface area contributed by atoms with Crippen LogP contribution in [0.15, 0.2) is 12.3 Å². The highest BCUT2D eigenvalue weighted by atomic mass is 16.4. The molecule has 0 aromatic carbocycles. The second-order valence-electron chi connectivity index (χ2n) is 4.35. The molecule has 7 nitrogen and oxygen atoms in total. The van der Waals surface area contributed by atoms with Crippen molar-refractivity contribution in [1.29, 1.82) is 0 Å². The normalized spacial score (nSPS) is 12.4. The average Bonchev–Trinajstić information content (AvgIpc) is 2.70. The molecule has 2 aromatic heterocycles. The summed E-state index contributed by atoms with van der Waals surface area (Å²) in [7, 11) is 0. The predicted octanol–water partition coefficient (Wildman–Crippen LogP) is 0.549. The van der Waals surface area contributed by atoms with Crippen LogP contribution in [0, 0.1) is 13.8 Å². The Morgan fingerprint density at radius 2 is 2.11 bits per heavy atom. The van der Waals surface area contributed by atoms with Crippen LogP contribution in [0.1, 0.15) is 28.7 Å². The van der Waals surface area contributed by atoms with E-state index in [9.17, 15) is 9.59 Å². The Bertz CT molecular complexity index is 662. The first-order valence-corrected chi connectivity index (χ1v) is 5.76. The van der Waals surface area contributed by atoms with Gasteiger partial charge in [0, 0.05) is 12.3 Å². The third kappa shape index (κ3) is 2.40. The fourth-order valence-electron chi connectivity index (χ4n) is 1.72. The standard InChI is InChI=1S/C12H14N4O3/c1-6-4-10-13-5-9(8(3)16(10)15-6)11(17)14-7(2)12(18)19/h4-5,7H,1-3H3,(H,14,17)(H,18,19)/t7-/m0/s1. The monoisotopic (exact) mass is 262 g/mol. The van der Waals surface area contributed by atoms with Crippen LogP contribution in [0.4, 0.5) is 0 Å². The van der Waals surface area contributed by atoms with E-state index in [1.165, 1.54) is 13.1 Å². The number of hydrogen-bond acceptors (Lipinski definition) is 4. The number of carboxylic acid groups (broad SMARTS) is 1. The SMILES string of the molecule is Cc1cc2ncc(C(=O)N[C@@H](C)C(=O)O)c(C)n2n1. The molecule has 0 aliphatic heterocycles. The van der Waals surface area contributed by atoms with E-state index in [0.717, 1.165) is 5.69 Å². The summed E-state index contributed by atoms with van der Waals surface area (Å²) in [4.78, 5) is 26.8. The summed E-state index contributed by atoms with van der Waals surface area (Å²) in [5.41, 5.74) is 2.38. The van der Waals surface area contributed by atoms with E-state index in [4.69, 9.17) is 5.11 Å². The number of carbonyl (C=O) groups is 2. The zero-order chi connectivity index (χ0) is 14.2. The lowest BCUT2D eigenvalue weighted by Crippen LogP contribution is -2.38. The molecule has 0 radical (unpaired) electrons. The number of aliphatic carboxylic acids is 1. The molecule has 7 heteroatoms. The molecule has 0 saturated heterocycles. The number of nitrogens with one attached hydrogen (secondary N) is 1. The Morgan fingerprint density at radius 1 is 1.42 bits per heavy atom. The first kappa shape index (κ1) is 13.0. The molecule has 0 spiro atoms. The van der Waals surface area contributed by atoms with Crippen molar-refractivity contribution in [3.63, 3.8) is 0 Å². The van der Waals surface area contributed by atoms with E-state index in [2.05, 4.69) is 15.4 Å². The maximum atomic E-state index is 12.0. The molecule has 0 aliphatic rings. The molecule has 2 aromatic rings. The van der Waals surface area contributed by atoms with Crippen LogP contribution in [0.25, 0.3) is 5.65 Å². The molecule has 1 amide bonds. The number of rotatable bonds is 3. The number of amides is 1. The van der Waals surface area contributed by atoms with Crippen LogP contribution in [0.2, 0.25) is 0 Å². The maximum Gasteiger partial charge on any atom is 0.325 e. The van der Waals surface area contributed by atoms with Gasteiger partial charge in [0.1, 0.15) is 6.04 Å². The summed E-state index contributed by atoms with van der Waals surface area (Å²) in [6.45, 7) is 4.97. The highest BCUT2D eigenvalue weighted by Crippen LogP contribution is 2.11. The molecule has 2 rings (SSSR count). The van der Waals surface area contributed by atoms with Crippen molar-refractivity contribution in [2.45, 2.75) is 26.8 Å². The molecule has 19 heavy (non-hydrogen) atoms. The summed E-state index contributed by atoms with van der Waals surface area (Å²) < 4.78 is 1.57. The largest absolute Gasteiger partial charge is 0.480 e. The van der Waals surface area contributed by atoms with Gasteiger partial charge in [-0.1, -0.05) is 0 Å². The lowest BCUT2D eigenvalue weighted by molar-refractivity contribution is -0.138. The van der Waals surface area contributed by atoms with Crippen molar-refractivity contribution in [3.05, 3.63) is 29.2 Å². The van der Waals surface area contributed by atoms with Crippen LogP contribution in [-0.2, 0) is 4.79 Å². The van der Waals surface area contributed by atoms with Crippen LogP contribution in [0.5, 0.6) is 0 Å². The first-order chi connectivity index (χ1) is 8.90. The number of fused-ring (bicyclic) bond motifs is 1. The number of hydrogen-bond donors (Lipinski definition) is 2. The fourth-order valence-corrected chi connectivity index (χ4v) is 1.72. The van der Waals surface area contributed by atoms with Crippen molar-refractivity contribution in [1.82, 2.24) is 19.9 Å². The Balaban J connectivity index is 2.37. The Kier molecular flexibility index (Phi) is 3.20. The Labute approximate surface area is 109 Å². The summed E-state index contributed by atoms with van der Waals surface area (Å²) in [6.07, 6.45) is 1.43. The molecule has 2 heterocycles. The molecular formula is C12H14N4O3. The molecule has 0 bridgehead atoms. The minimum absolute atomic E-state index is 0.309. The van der Waals surface area contributed by atoms with Gasteiger partial charge in [-0.25, -0.2) is 9.50 Å². The predicted molar refractivity (Wildman–Crippen MR) is 67.0 cm³/mol. The number of aromatic nitrogens is 3. The fraction of sp³-hybridized carbons (Fsp3) is 0.333. The molecule has 2 N–H and O–H groups in total. The van der Waals surface area contributed by atoms with Gasteiger partial charge in [-0.05, 0) is 20.8 Å². The summed E-state index contributed by atoms with van der Waals surface area (Å²) in [6, 6.07) is 0.844. The first-order valence-electron chi connectivity index (χ1n) is 5.76. The van der Waals surface area contributed by atoms with Crippen molar-refractivity contribution in [2.75, 3.05) is 0 Å². The van der Waals surface area contributed by atoms with E-state index in [0.29, 0.717) is 16.9 Å². The molecule has 0 aliphatic carbocycles. The van der Waals surface area contributed by atoms with Crippen LogP contribution < -0.4 is 5.32 Å². The summed E-state index contributed by atoms with van der Waals surface area (Å²) >= 11 is 0. The third-order valence-electron chi connectivity index (χ3n) is 2.81. The zero-order valence-corrected chi connectivity index (χ0v) is 10.8. The molecular weight excluding hydrogens is 248 g/mol. The number of nitrogens with zero attached hydrogens (tertiary/aromatic N) is 3. The smallest absolute Gasteiger partial charge is 0.325 e. The summed E-state index contributed by atoms with van der Waals surface area (Å²) in [5, 5.41) is 15.4. The van der Waals surface area contributed by atoms with Gasteiger partial charge in [0.2, 0.25) is 0 Å².